The Labute approximate surface area is 303 Å². The number of fused-ring (bicyclic) bond motifs is 2. The molecule has 1 saturated heterocycles. The molecule has 18 heteroatoms. The number of nitrogens with one attached hydrogen (secondary N) is 1. The first-order valence-corrected chi connectivity index (χ1v) is 18.1. The maximum Gasteiger partial charge on any atom is 0.459 e. The molecule has 0 spiro atoms. The molecule has 3 aromatic carbocycles. The van der Waals surface area contributed by atoms with Crippen molar-refractivity contribution in [1.82, 2.24) is 24.6 Å². The zero-order valence-electron chi connectivity index (χ0n) is 27.6. The van der Waals surface area contributed by atoms with E-state index in [9.17, 15) is 28.4 Å². The Morgan fingerprint density at radius 3 is 2.65 bits per heavy atom. The molecule has 0 radical (unpaired) electrons. The van der Waals surface area contributed by atoms with Gasteiger partial charge in [0.15, 0.2) is 21.2 Å². The molecule has 14 nitrogen and oxygen atoms in total. The number of hydrogen-bond donors (Lipinski definition) is 3. The number of aliphatic hydroxyl groups is 2. The zero-order valence-corrected chi connectivity index (χ0v) is 30.7. The molecule has 0 saturated carbocycles. The van der Waals surface area contributed by atoms with Gasteiger partial charge in [0.1, 0.15) is 53.7 Å². The van der Waals surface area contributed by atoms with Gasteiger partial charge in [-0.05, 0) is 44.4 Å². The van der Waals surface area contributed by atoms with E-state index in [2.05, 4.69) is 20.0 Å². The summed E-state index contributed by atoms with van der Waals surface area (Å²) in [4.78, 5) is 26.2. The fourth-order valence-electron chi connectivity index (χ4n) is 5.60. The van der Waals surface area contributed by atoms with Gasteiger partial charge in [0.05, 0.1) is 13.7 Å². The Balaban J connectivity index is 1.25. The molecule has 2 unspecified atom stereocenters. The lowest BCUT2D eigenvalue weighted by Crippen LogP contribution is -2.45. The van der Waals surface area contributed by atoms with Crippen LogP contribution in [-0.4, -0.2) is 73.3 Å². The normalized spacial score (nSPS) is 22.2. The Morgan fingerprint density at radius 2 is 1.90 bits per heavy atom. The van der Waals surface area contributed by atoms with Gasteiger partial charge in [-0.2, -0.15) is 10.1 Å². The van der Waals surface area contributed by atoms with Gasteiger partial charge in [-0.25, -0.2) is 23.3 Å². The molecule has 0 bridgehead atoms. The average Bonchev–Trinajstić information content (AvgIpc) is 3.52. The molecule has 0 aliphatic carbocycles. The van der Waals surface area contributed by atoms with Crippen molar-refractivity contribution in [2.45, 2.75) is 57.5 Å². The van der Waals surface area contributed by atoms with Crippen molar-refractivity contribution < 1.29 is 51.6 Å². The predicted octanol–water partition coefficient (Wildman–Crippen LogP) is 5.11. The van der Waals surface area contributed by atoms with Crippen LogP contribution in [0.25, 0.3) is 21.9 Å². The van der Waals surface area contributed by atoms with E-state index in [4.69, 9.17) is 23.3 Å². The molecule has 1 fully saturated rings. The highest BCUT2D eigenvalue weighted by molar-refractivity contribution is 14.1. The van der Waals surface area contributed by atoms with Gasteiger partial charge >= 0.3 is 13.7 Å². The summed E-state index contributed by atoms with van der Waals surface area (Å²) in [5.74, 6) is -1.91. The van der Waals surface area contributed by atoms with Gasteiger partial charge in [-0.15, -0.1) is 0 Å². The van der Waals surface area contributed by atoms with E-state index in [0.29, 0.717) is 26.6 Å². The van der Waals surface area contributed by atoms with Crippen molar-refractivity contribution in [3.8, 4) is 11.6 Å². The highest BCUT2D eigenvalue weighted by Crippen LogP contribution is 2.49. The fraction of sp³-hybridized carbons (Fsp3) is 0.333. The lowest BCUT2D eigenvalue weighted by molar-refractivity contribution is -0.146. The summed E-state index contributed by atoms with van der Waals surface area (Å²) in [5, 5.41) is 26.7. The van der Waals surface area contributed by atoms with E-state index < -0.39 is 68.6 Å². The summed E-state index contributed by atoms with van der Waals surface area (Å²) in [6.07, 6.45) is -4.11. The van der Waals surface area contributed by atoms with Crippen LogP contribution in [-0.2, 0) is 30.0 Å². The van der Waals surface area contributed by atoms with Gasteiger partial charge in [0.25, 0.3) is 0 Å². The number of imidazole rings is 1. The summed E-state index contributed by atoms with van der Waals surface area (Å²) in [6.45, 7) is 3.23. The number of carbonyl (C=O) groups excluding carboxylic acids is 1. The lowest BCUT2D eigenvalue weighted by Gasteiger charge is -2.28. The average molecular weight is 840 g/mol. The molecule has 1 aliphatic rings. The van der Waals surface area contributed by atoms with E-state index in [1.165, 1.54) is 25.5 Å². The lowest BCUT2D eigenvalue weighted by atomic mass is 9.96. The number of halogens is 3. The molecule has 5 aromatic rings. The van der Waals surface area contributed by atoms with Crippen LogP contribution in [0.5, 0.6) is 11.6 Å². The molecular formula is C33H33F2IN5O9P. The third-order valence-electron chi connectivity index (χ3n) is 8.23. The number of hydrogen-bond acceptors (Lipinski definition) is 12. The molecule has 2 aromatic heterocycles. The molecule has 3 N–H and O–H groups in total. The Hall–Kier alpha value is -3.84. The summed E-state index contributed by atoms with van der Waals surface area (Å²) < 4.78 is 72.3. The van der Waals surface area contributed by atoms with Crippen LogP contribution in [0.4, 0.5) is 8.78 Å². The molecule has 1 aliphatic heterocycles. The minimum absolute atomic E-state index is 0.0715. The highest BCUT2D eigenvalue weighted by Gasteiger charge is 2.55. The van der Waals surface area contributed by atoms with Crippen LogP contribution in [0.3, 0.4) is 0 Å². The van der Waals surface area contributed by atoms with Crippen LogP contribution >= 0.6 is 30.3 Å². The summed E-state index contributed by atoms with van der Waals surface area (Å²) >= 11 is 1.93. The molecule has 51 heavy (non-hydrogen) atoms. The van der Waals surface area contributed by atoms with Crippen LogP contribution in [0.1, 0.15) is 31.5 Å². The van der Waals surface area contributed by atoms with Crippen molar-refractivity contribution in [3.63, 3.8) is 0 Å². The number of carbonyl (C=O) groups is 1. The second kappa shape index (κ2) is 14.7. The number of methoxy groups -OCH3 is 1. The summed E-state index contributed by atoms with van der Waals surface area (Å²) in [7, 11) is -3.10. The summed E-state index contributed by atoms with van der Waals surface area (Å²) in [6, 6.07) is 13.7. The van der Waals surface area contributed by atoms with Gasteiger partial charge in [-0.3, -0.25) is 13.9 Å². The molecule has 270 valence electrons. The van der Waals surface area contributed by atoms with Crippen LogP contribution < -0.4 is 14.3 Å². The number of aromatic nitrogens is 4. The third kappa shape index (κ3) is 7.55. The minimum Gasteiger partial charge on any atom is -0.479 e. The van der Waals surface area contributed by atoms with Crippen molar-refractivity contribution in [3.05, 3.63) is 87.5 Å². The van der Waals surface area contributed by atoms with Crippen LogP contribution in [0, 0.1) is 22.4 Å². The number of esters is 1. The van der Waals surface area contributed by atoms with E-state index in [1.807, 2.05) is 40.8 Å². The quantitative estimate of drug-likeness (QED) is 0.0655. The van der Waals surface area contributed by atoms with E-state index >= 15 is 0 Å². The Bertz CT molecular complexity index is 2150. The maximum atomic E-state index is 14.5. The van der Waals surface area contributed by atoms with Gasteiger partial charge in [0.2, 0.25) is 5.88 Å². The smallest absolute Gasteiger partial charge is 0.459 e. The molecule has 0 amide bonds. The van der Waals surface area contributed by atoms with E-state index in [-0.39, 0.29) is 22.8 Å². The first kappa shape index (κ1) is 36.9. The number of ether oxygens (including phenoxy) is 3. The minimum atomic E-state index is -4.54. The van der Waals surface area contributed by atoms with E-state index in [0.717, 1.165) is 17.5 Å². The number of rotatable bonds is 12. The first-order valence-electron chi connectivity index (χ1n) is 15.5. The van der Waals surface area contributed by atoms with Crippen molar-refractivity contribution in [2.75, 3.05) is 13.7 Å². The Kier molecular flexibility index (Phi) is 10.6. The van der Waals surface area contributed by atoms with Crippen molar-refractivity contribution >= 4 is 58.2 Å². The van der Waals surface area contributed by atoms with Gasteiger partial charge < -0.3 is 28.9 Å². The SMILES string of the molecule is COc1nc(C)nc2c1nc(I)n2C1O[C@H](COP(=O)(N[C@@H](C)C(=O)OCc2ccc(F)cc2F)Oc2cccc3ccccc23)[C@@H](O)[C@@]1(C)O. The van der Waals surface area contributed by atoms with Crippen molar-refractivity contribution in [2.24, 2.45) is 0 Å². The second-order valence-corrected chi connectivity index (χ2v) is 14.6. The first-order chi connectivity index (χ1) is 24.2. The molecule has 6 rings (SSSR count). The number of aliphatic hydroxyl groups excluding tert-OH is 1. The van der Waals surface area contributed by atoms with Crippen LogP contribution in [0.15, 0.2) is 60.7 Å². The maximum absolute atomic E-state index is 14.5. The number of aryl methyl sites for hydroxylation is 1. The Morgan fingerprint density at radius 1 is 1.16 bits per heavy atom. The zero-order chi connectivity index (χ0) is 36.7. The molecule has 3 heterocycles. The topological polar surface area (TPSA) is 176 Å². The van der Waals surface area contributed by atoms with E-state index in [1.54, 1.807) is 31.2 Å². The van der Waals surface area contributed by atoms with Crippen LogP contribution in [0.2, 0.25) is 0 Å². The highest BCUT2D eigenvalue weighted by atomic mass is 127. The summed E-state index contributed by atoms with van der Waals surface area (Å²) in [5.41, 5.74) is -1.42. The standard InChI is InChI=1S/C33H33F2IN5O9P/c1-17(30(43)47-15-20-12-13-21(34)14-23(20)35)40-51(45,50-24-11-7-9-19-8-5-6-10-22(19)24)48-16-25-27(42)33(3,44)31(49-25)41-28-26(39-32(41)36)29(46-4)38-18(2)37-28/h5-14,17,25,27,31,42,44H,15-16H2,1-4H3,(H,40,45)/t17-,25+,27+,31?,33+,51?/m0/s1. The van der Waals surface area contributed by atoms with Gasteiger partial charge in [0, 0.05) is 39.6 Å². The van der Waals surface area contributed by atoms with Crippen molar-refractivity contribution in [1.29, 1.82) is 0 Å². The largest absolute Gasteiger partial charge is 0.479 e. The monoisotopic (exact) mass is 839 g/mol. The molecule has 6 atom stereocenters. The predicted molar refractivity (Wildman–Crippen MR) is 187 cm³/mol. The third-order valence-corrected chi connectivity index (χ3v) is 10.6. The van der Waals surface area contributed by atoms with Gasteiger partial charge in [-0.1, -0.05) is 36.4 Å². The second-order valence-electron chi connectivity index (χ2n) is 12.0. The number of benzene rings is 3. The fourth-order valence-corrected chi connectivity index (χ4v) is 7.84. The number of nitrogens with zero attached hydrogens (tertiary/aromatic N) is 4. The molecular weight excluding hydrogens is 806 g/mol.